The third-order valence-electron chi connectivity index (χ3n) is 3.13. The zero-order valence-corrected chi connectivity index (χ0v) is 10.7. The van der Waals surface area contributed by atoms with Crippen molar-refractivity contribution in [3.8, 4) is 11.5 Å². The van der Waals surface area contributed by atoms with Gasteiger partial charge in [0.15, 0.2) is 0 Å². The van der Waals surface area contributed by atoms with E-state index in [0.717, 1.165) is 30.8 Å². The van der Waals surface area contributed by atoms with E-state index in [1.165, 1.54) is 11.1 Å². The number of benzene rings is 1. The maximum atomic E-state index is 6.02. The van der Waals surface area contributed by atoms with E-state index >= 15 is 0 Å². The second-order valence-corrected chi connectivity index (χ2v) is 4.43. The summed E-state index contributed by atoms with van der Waals surface area (Å²) in [5, 5.41) is 0. The first-order valence-corrected chi connectivity index (χ1v) is 6.41. The van der Waals surface area contributed by atoms with Gasteiger partial charge in [-0.05, 0) is 50.3 Å². The Labute approximate surface area is 103 Å². The van der Waals surface area contributed by atoms with Crippen molar-refractivity contribution < 1.29 is 9.47 Å². The summed E-state index contributed by atoms with van der Waals surface area (Å²) in [5.41, 5.74) is 8.62. The molecule has 0 aliphatic heterocycles. The number of rotatable bonds is 4. The average molecular weight is 235 g/mol. The highest BCUT2D eigenvalue weighted by Crippen LogP contribution is 2.33. The molecule has 0 heterocycles. The first kappa shape index (κ1) is 12.2. The third-order valence-corrected chi connectivity index (χ3v) is 3.13. The van der Waals surface area contributed by atoms with Crippen molar-refractivity contribution >= 4 is 0 Å². The van der Waals surface area contributed by atoms with Crippen LogP contribution in [0.4, 0.5) is 0 Å². The van der Waals surface area contributed by atoms with Gasteiger partial charge in [0, 0.05) is 12.1 Å². The fraction of sp³-hybridized carbons (Fsp3) is 0.571. The van der Waals surface area contributed by atoms with Crippen LogP contribution in [0, 0.1) is 0 Å². The standard InChI is InChI=1S/C14H21NO2/c1-3-16-12-8-10-7-11(15)5-6-13(10)14(9-12)17-4-2/h8-9,11H,3-7,15H2,1-2H3/t11-/m0/s1. The van der Waals surface area contributed by atoms with E-state index in [9.17, 15) is 0 Å². The number of hydrogen-bond donors (Lipinski definition) is 1. The molecule has 0 unspecified atom stereocenters. The maximum absolute atomic E-state index is 6.02. The van der Waals surface area contributed by atoms with Gasteiger partial charge in [0.25, 0.3) is 0 Å². The van der Waals surface area contributed by atoms with Gasteiger partial charge in [-0.1, -0.05) is 0 Å². The zero-order chi connectivity index (χ0) is 12.3. The first-order chi connectivity index (χ1) is 8.24. The molecule has 1 aromatic carbocycles. The quantitative estimate of drug-likeness (QED) is 0.871. The molecule has 3 nitrogen and oxygen atoms in total. The maximum Gasteiger partial charge on any atom is 0.126 e. The third kappa shape index (κ3) is 2.72. The summed E-state index contributed by atoms with van der Waals surface area (Å²) in [4.78, 5) is 0. The molecule has 0 amide bonds. The van der Waals surface area contributed by atoms with E-state index in [-0.39, 0.29) is 6.04 Å². The van der Waals surface area contributed by atoms with Crippen molar-refractivity contribution in [1.82, 2.24) is 0 Å². The minimum Gasteiger partial charge on any atom is -0.494 e. The van der Waals surface area contributed by atoms with E-state index in [2.05, 4.69) is 6.07 Å². The van der Waals surface area contributed by atoms with Crippen molar-refractivity contribution in [1.29, 1.82) is 0 Å². The Morgan fingerprint density at radius 3 is 2.71 bits per heavy atom. The molecule has 94 valence electrons. The van der Waals surface area contributed by atoms with E-state index in [4.69, 9.17) is 15.2 Å². The lowest BCUT2D eigenvalue weighted by molar-refractivity contribution is 0.318. The van der Waals surface area contributed by atoms with Crippen LogP contribution in [0.1, 0.15) is 31.4 Å². The molecule has 0 spiro atoms. The Hall–Kier alpha value is -1.22. The van der Waals surface area contributed by atoms with Gasteiger partial charge in [-0.25, -0.2) is 0 Å². The molecule has 0 saturated carbocycles. The molecular formula is C14H21NO2. The fourth-order valence-corrected chi connectivity index (χ4v) is 2.39. The van der Waals surface area contributed by atoms with Crippen molar-refractivity contribution in [2.45, 2.75) is 39.2 Å². The van der Waals surface area contributed by atoms with Crippen LogP contribution in [0.3, 0.4) is 0 Å². The molecule has 1 aromatic rings. The normalized spacial score (nSPS) is 18.6. The van der Waals surface area contributed by atoms with Gasteiger partial charge in [0.05, 0.1) is 13.2 Å². The van der Waals surface area contributed by atoms with E-state index in [1.54, 1.807) is 0 Å². The van der Waals surface area contributed by atoms with Crippen LogP contribution in [-0.2, 0) is 12.8 Å². The van der Waals surface area contributed by atoms with Gasteiger partial charge in [-0.15, -0.1) is 0 Å². The van der Waals surface area contributed by atoms with Crippen molar-refractivity contribution in [3.63, 3.8) is 0 Å². The molecule has 1 aliphatic carbocycles. The van der Waals surface area contributed by atoms with Crippen LogP contribution in [-0.4, -0.2) is 19.3 Å². The summed E-state index contributed by atoms with van der Waals surface area (Å²) in [5.74, 6) is 1.86. The van der Waals surface area contributed by atoms with E-state index in [0.29, 0.717) is 13.2 Å². The highest BCUT2D eigenvalue weighted by molar-refractivity contribution is 5.48. The number of fused-ring (bicyclic) bond motifs is 1. The summed E-state index contributed by atoms with van der Waals surface area (Å²) in [6.07, 6.45) is 2.98. The van der Waals surface area contributed by atoms with Gasteiger partial charge in [0.1, 0.15) is 11.5 Å². The SMILES string of the molecule is CCOc1cc2c(c(OCC)c1)CC[C@H](N)C2. The van der Waals surface area contributed by atoms with Crippen LogP contribution < -0.4 is 15.2 Å². The molecule has 0 fully saturated rings. The average Bonchev–Trinajstić information content (AvgIpc) is 2.29. The van der Waals surface area contributed by atoms with Gasteiger partial charge in [-0.2, -0.15) is 0 Å². The number of hydrogen-bond acceptors (Lipinski definition) is 3. The first-order valence-electron chi connectivity index (χ1n) is 6.41. The summed E-state index contributed by atoms with van der Waals surface area (Å²) in [7, 11) is 0. The fourth-order valence-electron chi connectivity index (χ4n) is 2.39. The second kappa shape index (κ2) is 5.41. The lowest BCUT2D eigenvalue weighted by atomic mass is 9.88. The van der Waals surface area contributed by atoms with Crippen LogP contribution >= 0.6 is 0 Å². The number of ether oxygens (including phenoxy) is 2. The smallest absolute Gasteiger partial charge is 0.126 e. The van der Waals surface area contributed by atoms with E-state index < -0.39 is 0 Å². The van der Waals surface area contributed by atoms with Crippen LogP contribution in [0.2, 0.25) is 0 Å². The zero-order valence-electron chi connectivity index (χ0n) is 10.7. The predicted octanol–water partition coefficient (Wildman–Crippen LogP) is 2.30. The van der Waals surface area contributed by atoms with Gasteiger partial charge in [-0.3, -0.25) is 0 Å². The summed E-state index contributed by atoms with van der Waals surface area (Å²) in [6, 6.07) is 4.39. The van der Waals surface area contributed by atoms with Gasteiger partial charge in [0.2, 0.25) is 0 Å². The molecule has 2 rings (SSSR count). The molecule has 1 atom stereocenters. The van der Waals surface area contributed by atoms with Crippen molar-refractivity contribution in [3.05, 3.63) is 23.3 Å². The molecule has 3 heteroatoms. The Morgan fingerprint density at radius 2 is 2.00 bits per heavy atom. The Bertz CT molecular complexity index is 373. The largest absolute Gasteiger partial charge is 0.494 e. The lowest BCUT2D eigenvalue weighted by Crippen LogP contribution is -2.28. The molecule has 0 saturated heterocycles. The Morgan fingerprint density at radius 1 is 1.24 bits per heavy atom. The molecule has 2 N–H and O–H groups in total. The molecule has 1 aliphatic rings. The van der Waals surface area contributed by atoms with Crippen molar-refractivity contribution in [2.24, 2.45) is 5.73 Å². The van der Waals surface area contributed by atoms with E-state index in [1.807, 2.05) is 19.9 Å². The minimum absolute atomic E-state index is 0.272. The molecule has 0 aromatic heterocycles. The number of nitrogens with two attached hydrogens (primary N) is 1. The minimum atomic E-state index is 0.272. The summed E-state index contributed by atoms with van der Waals surface area (Å²) in [6.45, 7) is 5.37. The van der Waals surface area contributed by atoms with Gasteiger partial charge < -0.3 is 15.2 Å². The van der Waals surface area contributed by atoms with Crippen LogP contribution in [0.5, 0.6) is 11.5 Å². The summed E-state index contributed by atoms with van der Waals surface area (Å²) >= 11 is 0. The molecule has 0 bridgehead atoms. The van der Waals surface area contributed by atoms with Crippen LogP contribution in [0.25, 0.3) is 0 Å². The second-order valence-electron chi connectivity index (χ2n) is 4.43. The monoisotopic (exact) mass is 235 g/mol. The highest BCUT2D eigenvalue weighted by Gasteiger charge is 2.20. The molecule has 0 radical (unpaired) electrons. The summed E-state index contributed by atoms with van der Waals surface area (Å²) < 4.78 is 11.3. The van der Waals surface area contributed by atoms with Gasteiger partial charge >= 0.3 is 0 Å². The van der Waals surface area contributed by atoms with Crippen LogP contribution in [0.15, 0.2) is 12.1 Å². The van der Waals surface area contributed by atoms with Crippen molar-refractivity contribution in [2.75, 3.05) is 13.2 Å². The highest BCUT2D eigenvalue weighted by atomic mass is 16.5. The lowest BCUT2D eigenvalue weighted by Gasteiger charge is -2.24. The Balaban J connectivity index is 2.36. The predicted molar refractivity (Wildman–Crippen MR) is 68.8 cm³/mol. The Kier molecular flexibility index (Phi) is 3.89. The topological polar surface area (TPSA) is 44.5 Å². The molecular weight excluding hydrogens is 214 g/mol. The molecule has 17 heavy (non-hydrogen) atoms.